The Labute approximate surface area is 112 Å². The van der Waals surface area contributed by atoms with E-state index in [2.05, 4.69) is 15.3 Å². The highest BCUT2D eigenvalue weighted by molar-refractivity contribution is 5.97. The summed E-state index contributed by atoms with van der Waals surface area (Å²) in [5.74, 6) is 0.223. The molecule has 6 nitrogen and oxygen atoms in total. The van der Waals surface area contributed by atoms with Gasteiger partial charge in [0.15, 0.2) is 17.7 Å². The van der Waals surface area contributed by atoms with Crippen molar-refractivity contribution >= 4 is 17.7 Å². The molecule has 0 radical (unpaired) electrons. The molecule has 0 heterocycles. The number of rotatable bonds is 5. The quantitative estimate of drug-likeness (QED) is 0.514. The van der Waals surface area contributed by atoms with E-state index in [1.165, 1.54) is 12.5 Å². The van der Waals surface area contributed by atoms with Gasteiger partial charge in [-0.3, -0.25) is 15.1 Å². The standard InChI is InChI=1S/C13H19N5O/c1-10(19)9-17-13(15)18-12(14)16-8-7-11-5-3-2-4-6-11/h2-6H,7-9H2,1H3,(H5,14,15,16,17,18). The number of aliphatic imine (C=N–C) groups is 2. The molecular weight excluding hydrogens is 242 g/mol. The smallest absolute Gasteiger partial charge is 0.195 e. The van der Waals surface area contributed by atoms with Crippen molar-refractivity contribution in [2.45, 2.75) is 13.3 Å². The van der Waals surface area contributed by atoms with Gasteiger partial charge >= 0.3 is 0 Å². The van der Waals surface area contributed by atoms with Crippen LogP contribution in [0.4, 0.5) is 0 Å². The molecule has 102 valence electrons. The molecule has 1 rings (SSSR count). The van der Waals surface area contributed by atoms with Crippen molar-refractivity contribution in [3.8, 4) is 0 Å². The summed E-state index contributed by atoms with van der Waals surface area (Å²) in [4.78, 5) is 18.6. The third kappa shape index (κ3) is 6.82. The number of hydrogen-bond acceptors (Lipinski definition) is 3. The number of benzene rings is 1. The number of nitrogens with zero attached hydrogens (tertiary/aromatic N) is 2. The van der Waals surface area contributed by atoms with Crippen LogP contribution >= 0.6 is 0 Å². The molecule has 0 atom stereocenters. The predicted molar refractivity (Wildman–Crippen MR) is 76.9 cm³/mol. The number of guanidine groups is 2. The zero-order chi connectivity index (χ0) is 14.1. The van der Waals surface area contributed by atoms with Crippen molar-refractivity contribution < 1.29 is 4.79 Å². The first-order valence-corrected chi connectivity index (χ1v) is 5.98. The third-order valence-electron chi connectivity index (χ3n) is 2.25. The molecule has 0 aromatic heterocycles. The lowest BCUT2D eigenvalue weighted by molar-refractivity contribution is -0.115. The van der Waals surface area contributed by atoms with Crippen LogP contribution in [-0.4, -0.2) is 30.8 Å². The molecule has 0 aliphatic rings. The van der Waals surface area contributed by atoms with E-state index in [1.54, 1.807) is 0 Å². The molecule has 0 aliphatic carbocycles. The van der Waals surface area contributed by atoms with Crippen LogP contribution in [0.1, 0.15) is 12.5 Å². The summed E-state index contributed by atoms with van der Waals surface area (Å²) in [6.45, 7) is 2.03. The Morgan fingerprint density at radius 3 is 2.42 bits per heavy atom. The monoisotopic (exact) mass is 261 g/mol. The number of carbonyl (C=O) groups excluding carboxylic acids is 1. The Morgan fingerprint density at radius 2 is 1.79 bits per heavy atom. The number of hydrogen-bond donors (Lipinski definition) is 3. The van der Waals surface area contributed by atoms with Crippen molar-refractivity contribution in [3.63, 3.8) is 0 Å². The van der Waals surface area contributed by atoms with Crippen LogP contribution in [0.25, 0.3) is 0 Å². The third-order valence-corrected chi connectivity index (χ3v) is 2.25. The fourth-order valence-electron chi connectivity index (χ4n) is 1.36. The molecule has 6 heteroatoms. The zero-order valence-corrected chi connectivity index (χ0v) is 11.0. The number of carbonyl (C=O) groups is 1. The summed E-state index contributed by atoms with van der Waals surface area (Å²) in [5.41, 5.74) is 12.4. The lowest BCUT2D eigenvalue weighted by Crippen LogP contribution is -2.42. The first-order chi connectivity index (χ1) is 9.08. The molecule has 1 aromatic carbocycles. The summed E-state index contributed by atoms with van der Waals surface area (Å²) < 4.78 is 0. The second kappa shape index (κ2) is 7.86. The van der Waals surface area contributed by atoms with E-state index in [9.17, 15) is 4.79 Å². The Balaban J connectivity index is 2.36. The molecule has 0 bridgehead atoms. The van der Waals surface area contributed by atoms with Crippen molar-refractivity contribution in [2.24, 2.45) is 21.5 Å². The number of nitrogens with one attached hydrogen (secondary N) is 1. The Morgan fingerprint density at radius 1 is 1.16 bits per heavy atom. The Kier molecular flexibility index (Phi) is 6.08. The molecule has 0 saturated carbocycles. The molecule has 0 fully saturated rings. The fraction of sp³-hybridized carbons (Fsp3) is 0.308. The highest BCUT2D eigenvalue weighted by Crippen LogP contribution is 1.98. The van der Waals surface area contributed by atoms with Crippen molar-refractivity contribution in [1.29, 1.82) is 0 Å². The maximum Gasteiger partial charge on any atom is 0.195 e. The van der Waals surface area contributed by atoms with Gasteiger partial charge in [-0.05, 0) is 18.9 Å². The number of nitrogens with two attached hydrogens (primary N) is 2. The van der Waals surface area contributed by atoms with Crippen LogP contribution in [-0.2, 0) is 11.2 Å². The molecule has 19 heavy (non-hydrogen) atoms. The Hall–Kier alpha value is -2.37. The van der Waals surface area contributed by atoms with Crippen molar-refractivity contribution in [1.82, 2.24) is 5.32 Å². The predicted octanol–water partition coefficient (Wildman–Crippen LogP) is 0.0371. The molecule has 0 unspecified atom stereocenters. The Bertz CT molecular complexity index is 467. The maximum absolute atomic E-state index is 10.7. The molecule has 5 N–H and O–H groups in total. The van der Waals surface area contributed by atoms with Gasteiger partial charge in [-0.25, -0.2) is 4.99 Å². The van der Waals surface area contributed by atoms with Gasteiger partial charge in [0.1, 0.15) is 6.54 Å². The van der Waals surface area contributed by atoms with E-state index in [4.69, 9.17) is 11.5 Å². The van der Waals surface area contributed by atoms with Crippen LogP contribution in [0.15, 0.2) is 40.3 Å². The molecule has 0 aliphatic heterocycles. The highest BCUT2D eigenvalue weighted by Gasteiger charge is 1.96. The summed E-state index contributed by atoms with van der Waals surface area (Å²) in [7, 11) is 0. The molecule has 0 amide bonds. The second-order valence-corrected chi connectivity index (χ2v) is 4.03. The van der Waals surface area contributed by atoms with Gasteiger partial charge in [-0.1, -0.05) is 30.3 Å². The highest BCUT2D eigenvalue weighted by atomic mass is 16.1. The number of Topliss-reactive ketones (excluding diaryl/α,β-unsaturated/α-hetero) is 1. The normalized spacial score (nSPS) is 12.3. The van der Waals surface area contributed by atoms with Gasteiger partial charge in [-0.15, -0.1) is 0 Å². The van der Waals surface area contributed by atoms with Crippen LogP contribution < -0.4 is 16.8 Å². The van der Waals surface area contributed by atoms with E-state index >= 15 is 0 Å². The number of ketones is 1. The molecule has 0 saturated heterocycles. The van der Waals surface area contributed by atoms with Crippen LogP contribution in [0.2, 0.25) is 0 Å². The molecule has 1 aromatic rings. The average molecular weight is 261 g/mol. The maximum atomic E-state index is 10.7. The first kappa shape index (κ1) is 14.7. The van der Waals surface area contributed by atoms with Crippen LogP contribution in [0.5, 0.6) is 0 Å². The van der Waals surface area contributed by atoms with Gasteiger partial charge in [0.25, 0.3) is 0 Å². The van der Waals surface area contributed by atoms with Crippen LogP contribution in [0, 0.1) is 0 Å². The second-order valence-electron chi connectivity index (χ2n) is 4.03. The fourth-order valence-corrected chi connectivity index (χ4v) is 1.36. The van der Waals surface area contributed by atoms with E-state index in [0.717, 1.165) is 6.42 Å². The van der Waals surface area contributed by atoms with Gasteiger partial charge in [0.2, 0.25) is 0 Å². The van der Waals surface area contributed by atoms with Crippen LogP contribution in [0.3, 0.4) is 0 Å². The van der Waals surface area contributed by atoms with Gasteiger partial charge in [0.05, 0.1) is 0 Å². The minimum atomic E-state index is -0.0654. The van der Waals surface area contributed by atoms with E-state index < -0.39 is 0 Å². The average Bonchev–Trinajstić information content (AvgIpc) is 2.37. The van der Waals surface area contributed by atoms with E-state index in [0.29, 0.717) is 6.54 Å². The van der Waals surface area contributed by atoms with E-state index in [1.807, 2.05) is 30.3 Å². The minimum absolute atomic E-state index is 0.0378. The first-order valence-electron chi connectivity index (χ1n) is 5.98. The SMILES string of the molecule is CC(=O)CN=C(N)NC(N)=NCCc1ccccc1. The van der Waals surface area contributed by atoms with Crippen molar-refractivity contribution in [2.75, 3.05) is 13.1 Å². The largest absolute Gasteiger partial charge is 0.370 e. The molecule has 0 spiro atoms. The zero-order valence-electron chi connectivity index (χ0n) is 11.0. The summed E-state index contributed by atoms with van der Waals surface area (Å²) in [5, 5.41) is 2.62. The van der Waals surface area contributed by atoms with E-state index in [-0.39, 0.29) is 24.2 Å². The topological polar surface area (TPSA) is 106 Å². The summed E-state index contributed by atoms with van der Waals surface area (Å²) in [6.07, 6.45) is 0.799. The van der Waals surface area contributed by atoms with Gasteiger partial charge in [-0.2, -0.15) is 0 Å². The molecular formula is C13H19N5O. The minimum Gasteiger partial charge on any atom is -0.370 e. The lowest BCUT2D eigenvalue weighted by atomic mass is 10.2. The van der Waals surface area contributed by atoms with Crippen molar-refractivity contribution in [3.05, 3.63) is 35.9 Å². The summed E-state index contributed by atoms with van der Waals surface area (Å²) >= 11 is 0. The summed E-state index contributed by atoms with van der Waals surface area (Å²) in [6, 6.07) is 9.98. The lowest BCUT2D eigenvalue weighted by Gasteiger charge is -2.04. The van der Waals surface area contributed by atoms with Gasteiger partial charge < -0.3 is 11.5 Å². The van der Waals surface area contributed by atoms with Gasteiger partial charge in [0, 0.05) is 6.54 Å².